The van der Waals surface area contributed by atoms with Crippen LogP contribution in [-0.2, 0) is 4.79 Å². The van der Waals surface area contributed by atoms with Crippen molar-refractivity contribution in [2.45, 2.75) is 6.04 Å². The van der Waals surface area contributed by atoms with Crippen molar-refractivity contribution in [1.29, 1.82) is 0 Å². The quantitative estimate of drug-likeness (QED) is 0.489. The normalized spacial score (nSPS) is 11.7. The molecule has 0 aliphatic rings. The molecule has 0 saturated heterocycles. The number of anilines is 1. The van der Waals surface area contributed by atoms with E-state index in [0.29, 0.717) is 5.69 Å². The fourth-order valence-electron chi connectivity index (χ4n) is 2.58. The summed E-state index contributed by atoms with van der Waals surface area (Å²) in [6.07, 6.45) is 0. The molecule has 1 heterocycles. The number of nitrogens with one attached hydrogen (secondary N) is 2. The second-order valence-electron chi connectivity index (χ2n) is 5.60. The van der Waals surface area contributed by atoms with Gasteiger partial charge in [-0.3, -0.25) is 20.2 Å². The second kappa shape index (κ2) is 8.37. The van der Waals surface area contributed by atoms with Gasteiger partial charge in [0.25, 0.3) is 5.69 Å². The van der Waals surface area contributed by atoms with Gasteiger partial charge >= 0.3 is 0 Å². The molecule has 2 aromatic carbocycles. The van der Waals surface area contributed by atoms with E-state index >= 15 is 0 Å². The van der Waals surface area contributed by atoms with Crippen molar-refractivity contribution >= 4 is 28.6 Å². The lowest BCUT2D eigenvalue weighted by atomic mass is 10.1. The molecule has 132 valence electrons. The molecule has 0 aliphatic heterocycles. The van der Waals surface area contributed by atoms with E-state index in [9.17, 15) is 14.9 Å². The molecule has 7 heteroatoms. The molecule has 0 aliphatic carbocycles. The number of nitrogens with zero attached hydrogens (tertiary/aromatic N) is 1. The standard InChI is InChI=1S/C19H17N3O3S/c23-18(21-15-8-4-9-16(12-15)22(24)25)13-20-19(17-10-5-11-26-17)14-6-2-1-3-7-14/h1-12,19-20H,13H2,(H,21,23)/t19-/m1/s1. The summed E-state index contributed by atoms with van der Waals surface area (Å²) in [5.41, 5.74) is 1.41. The highest BCUT2D eigenvalue weighted by Crippen LogP contribution is 2.25. The monoisotopic (exact) mass is 367 g/mol. The van der Waals surface area contributed by atoms with Crippen molar-refractivity contribution < 1.29 is 9.72 Å². The SMILES string of the molecule is O=C(CN[C@H](c1ccccc1)c1cccs1)Nc1cccc([N+](=O)[O-])c1. The maximum Gasteiger partial charge on any atom is 0.271 e. The number of nitro groups is 1. The maximum atomic E-state index is 12.3. The molecule has 0 radical (unpaired) electrons. The van der Waals surface area contributed by atoms with E-state index in [-0.39, 0.29) is 24.2 Å². The molecule has 26 heavy (non-hydrogen) atoms. The second-order valence-corrected chi connectivity index (χ2v) is 6.57. The van der Waals surface area contributed by atoms with E-state index in [1.807, 2.05) is 47.8 Å². The summed E-state index contributed by atoms with van der Waals surface area (Å²) in [5.74, 6) is -0.261. The summed E-state index contributed by atoms with van der Waals surface area (Å²) >= 11 is 1.62. The van der Waals surface area contributed by atoms with Crippen molar-refractivity contribution in [2.24, 2.45) is 0 Å². The molecule has 1 aromatic heterocycles. The molecule has 0 fully saturated rings. The molecular weight excluding hydrogens is 350 g/mol. The molecule has 2 N–H and O–H groups in total. The molecule has 3 aromatic rings. The summed E-state index contributed by atoms with van der Waals surface area (Å²) in [7, 11) is 0. The van der Waals surface area contributed by atoms with Gasteiger partial charge in [-0.25, -0.2) is 0 Å². The van der Waals surface area contributed by atoms with Crippen LogP contribution in [0.1, 0.15) is 16.5 Å². The third-order valence-corrected chi connectivity index (χ3v) is 4.71. The van der Waals surface area contributed by atoms with E-state index in [4.69, 9.17) is 0 Å². The number of benzene rings is 2. The molecule has 0 unspecified atom stereocenters. The molecular formula is C19H17N3O3S. The average molecular weight is 367 g/mol. The zero-order chi connectivity index (χ0) is 18.4. The van der Waals surface area contributed by atoms with Crippen LogP contribution in [0.3, 0.4) is 0 Å². The number of carbonyl (C=O) groups is 1. The Bertz CT molecular complexity index is 882. The highest BCUT2D eigenvalue weighted by molar-refractivity contribution is 7.10. The number of carbonyl (C=O) groups excluding carboxylic acids is 1. The molecule has 0 saturated carbocycles. The Morgan fingerprint density at radius 2 is 1.88 bits per heavy atom. The molecule has 0 spiro atoms. The number of hydrogen-bond donors (Lipinski definition) is 2. The van der Waals surface area contributed by atoms with Gasteiger partial charge in [0.1, 0.15) is 0 Å². The average Bonchev–Trinajstić information content (AvgIpc) is 3.17. The Hall–Kier alpha value is -3.03. The first kappa shape index (κ1) is 17.8. The number of hydrogen-bond acceptors (Lipinski definition) is 5. The van der Waals surface area contributed by atoms with E-state index in [0.717, 1.165) is 10.4 Å². The first-order chi connectivity index (χ1) is 12.6. The van der Waals surface area contributed by atoms with Crippen molar-refractivity contribution in [1.82, 2.24) is 5.32 Å². The number of thiophene rings is 1. The van der Waals surface area contributed by atoms with Crippen LogP contribution in [0.4, 0.5) is 11.4 Å². The van der Waals surface area contributed by atoms with Crippen LogP contribution in [0.2, 0.25) is 0 Å². The molecule has 3 rings (SSSR count). The first-order valence-corrected chi connectivity index (χ1v) is 8.87. The van der Waals surface area contributed by atoms with Gasteiger partial charge in [-0.15, -0.1) is 11.3 Å². The Kier molecular flexibility index (Phi) is 5.73. The smallest absolute Gasteiger partial charge is 0.271 e. The van der Waals surface area contributed by atoms with Crippen LogP contribution in [0.15, 0.2) is 72.1 Å². The fraction of sp³-hybridized carbons (Fsp3) is 0.105. The van der Waals surface area contributed by atoms with Crippen LogP contribution in [0, 0.1) is 10.1 Å². The summed E-state index contributed by atoms with van der Waals surface area (Å²) in [5, 5.41) is 18.8. The largest absolute Gasteiger partial charge is 0.325 e. The zero-order valence-corrected chi connectivity index (χ0v) is 14.6. The lowest BCUT2D eigenvalue weighted by Gasteiger charge is -2.18. The van der Waals surface area contributed by atoms with Gasteiger partial charge in [0.05, 0.1) is 17.5 Å². The third-order valence-electron chi connectivity index (χ3n) is 3.77. The van der Waals surface area contributed by atoms with Crippen molar-refractivity contribution in [3.8, 4) is 0 Å². The van der Waals surface area contributed by atoms with Crippen molar-refractivity contribution in [2.75, 3.05) is 11.9 Å². The highest BCUT2D eigenvalue weighted by atomic mass is 32.1. The predicted molar refractivity (Wildman–Crippen MR) is 102 cm³/mol. The molecule has 1 atom stereocenters. The minimum absolute atomic E-state index is 0.0588. The van der Waals surface area contributed by atoms with Gasteiger partial charge in [-0.2, -0.15) is 0 Å². The van der Waals surface area contributed by atoms with Crippen molar-refractivity contribution in [3.63, 3.8) is 0 Å². The highest BCUT2D eigenvalue weighted by Gasteiger charge is 2.16. The van der Waals surface area contributed by atoms with Gasteiger partial charge in [-0.1, -0.05) is 42.5 Å². The summed E-state index contributed by atoms with van der Waals surface area (Å²) in [6, 6.07) is 19.7. The Morgan fingerprint density at radius 1 is 1.08 bits per heavy atom. The fourth-order valence-corrected chi connectivity index (χ4v) is 3.41. The Balaban J connectivity index is 1.67. The topological polar surface area (TPSA) is 84.3 Å². The Morgan fingerprint density at radius 3 is 2.58 bits per heavy atom. The molecule has 0 bridgehead atoms. The van der Waals surface area contributed by atoms with E-state index in [1.165, 1.54) is 12.1 Å². The lowest BCUT2D eigenvalue weighted by molar-refractivity contribution is -0.384. The molecule has 1 amide bonds. The summed E-state index contributed by atoms with van der Waals surface area (Å²) in [6.45, 7) is 0.0835. The maximum absolute atomic E-state index is 12.3. The minimum Gasteiger partial charge on any atom is -0.325 e. The van der Waals surface area contributed by atoms with Crippen molar-refractivity contribution in [3.05, 3.63) is 92.7 Å². The van der Waals surface area contributed by atoms with Gasteiger partial charge in [-0.05, 0) is 23.1 Å². The molecule has 6 nitrogen and oxygen atoms in total. The van der Waals surface area contributed by atoms with E-state index in [2.05, 4.69) is 10.6 Å². The van der Waals surface area contributed by atoms with Crippen LogP contribution in [0.25, 0.3) is 0 Å². The summed E-state index contributed by atoms with van der Waals surface area (Å²) in [4.78, 5) is 23.7. The number of non-ortho nitro benzene ring substituents is 1. The van der Waals surface area contributed by atoms with Gasteiger partial charge in [0, 0.05) is 22.7 Å². The van der Waals surface area contributed by atoms with Gasteiger partial charge in [0.15, 0.2) is 0 Å². The van der Waals surface area contributed by atoms with E-state index < -0.39 is 4.92 Å². The van der Waals surface area contributed by atoms with Crippen LogP contribution in [-0.4, -0.2) is 17.4 Å². The van der Waals surface area contributed by atoms with Crippen LogP contribution >= 0.6 is 11.3 Å². The number of rotatable bonds is 7. The summed E-state index contributed by atoms with van der Waals surface area (Å²) < 4.78 is 0. The first-order valence-electron chi connectivity index (χ1n) is 7.99. The third kappa shape index (κ3) is 4.53. The number of amides is 1. The van der Waals surface area contributed by atoms with Gasteiger partial charge in [0.2, 0.25) is 5.91 Å². The lowest BCUT2D eigenvalue weighted by Crippen LogP contribution is -2.31. The zero-order valence-electron chi connectivity index (χ0n) is 13.8. The Labute approximate surface area is 154 Å². The van der Waals surface area contributed by atoms with Crippen LogP contribution in [0.5, 0.6) is 0 Å². The minimum atomic E-state index is -0.490. The number of nitro benzene ring substituents is 1. The van der Waals surface area contributed by atoms with Gasteiger partial charge < -0.3 is 5.32 Å². The van der Waals surface area contributed by atoms with E-state index in [1.54, 1.807) is 23.5 Å². The predicted octanol–water partition coefficient (Wildman–Crippen LogP) is 3.97. The van der Waals surface area contributed by atoms with Crippen LogP contribution < -0.4 is 10.6 Å².